The number of hydrogen-bond acceptors (Lipinski definition) is 4. The standard InChI is InChI=1S/2C29H33FNO2.2BrH/c2*30-27-13-11-24(12-14-27)23-33-22-21-31-18-15-28(16-19-31,17-20-31)29(32,25-7-3-1-4-8-25)26-9-5-2-6-10-26;;/h2*1-14,32H,15-23H2;2*1H/q2*+1;;/p-2. The van der Waals surface area contributed by atoms with Gasteiger partial charge in [-0.3, -0.25) is 0 Å². The molecule has 68 heavy (non-hydrogen) atoms. The number of hydrogen-bond donors (Lipinski definition) is 2. The Hall–Kier alpha value is -4.10. The number of piperidine rings is 6. The fourth-order valence-electron chi connectivity index (χ4n) is 12.2. The van der Waals surface area contributed by atoms with Crippen LogP contribution in [0.2, 0.25) is 0 Å². The minimum absolute atomic E-state index is 0. The van der Waals surface area contributed by atoms with Crippen molar-refractivity contribution in [2.45, 2.75) is 62.9 Å². The SMILES string of the molecule is OC(c1ccccc1)(c1ccccc1)C12CC[N+](CCOCc3ccc(F)cc3)(CC1)CC2.OC(c1ccccc1)(c1ccccc1)C12CC[N+](CCOCc3ccc(F)cc3)(CC1)CC2.[Br-].[Br-]. The van der Waals surface area contributed by atoms with Crippen molar-refractivity contribution in [3.8, 4) is 0 Å². The Morgan fingerprint density at radius 1 is 0.397 bits per heavy atom. The first kappa shape index (κ1) is 51.7. The Labute approximate surface area is 423 Å². The van der Waals surface area contributed by atoms with E-state index in [4.69, 9.17) is 9.47 Å². The maximum atomic E-state index is 13.1. The fraction of sp³-hybridized carbons (Fsp3) is 0.379. The maximum Gasteiger partial charge on any atom is 0.123 e. The molecule has 2 N–H and O–H groups in total. The average Bonchev–Trinajstić information content (AvgIpc) is 3.39. The molecule has 0 unspecified atom stereocenters. The maximum absolute atomic E-state index is 13.1. The molecular weight excluding hydrogens is 986 g/mol. The van der Waals surface area contributed by atoms with Gasteiger partial charge in [0.05, 0.1) is 65.7 Å². The highest BCUT2D eigenvalue weighted by molar-refractivity contribution is 5.41. The summed E-state index contributed by atoms with van der Waals surface area (Å²) in [5.41, 5.74) is 3.75. The number of quaternary nitrogens is 2. The molecule has 0 amide bonds. The van der Waals surface area contributed by atoms with Crippen LogP contribution in [0.25, 0.3) is 0 Å². The van der Waals surface area contributed by atoms with Crippen LogP contribution in [0, 0.1) is 22.5 Å². The van der Waals surface area contributed by atoms with Crippen molar-refractivity contribution in [3.05, 3.63) is 215 Å². The molecule has 0 saturated carbocycles. The normalized spacial score (nSPS) is 23.9. The summed E-state index contributed by atoms with van der Waals surface area (Å²) in [6.07, 6.45) is 6.03. The third-order valence-corrected chi connectivity index (χ3v) is 16.5. The summed E-state index contributed by atoms with van der Waals surface area (Å²) in [6, 6.07) is 54.0. The van der Waals surface area contributed by atoms with E-state index in [2.05, 4.69) is 48.5 Å². The summed E-state index contributed by atoms with van der Waals surface area (Å²) in [5, 5.41) is 24.9. The number of halogens is 4. The molecule has 4 bridgehead atoms. The Morgan fingerprint density at radius 2 is 0.647 bits per heavy atom. The minimum atomic E-state index is -0.981. The Kier molecular flexibility index (Phi) is 17.0. The monoisotopic (exact) mass is 1050 g/mol. The lowest BCUT2D eigenvalue weighted by Gasteiger charge is -2.60. The summed E-state index contributed by atoms with van der Waals surface area (Å²) < 4.78 is 40.2. The van der Waals surface area contributed by atoms with E-state index in [-0.39, 0.29) is 56.4 Å². The Bertz CT molecular complexity index is 2160. The van der Waals surface area contributed by atoms with Gasteiger partial charge in [-0.25, -0.2) is 8.78 Å². The van der Waals surface area contributed by atoms with Gasteiger partial charge in [-0.05, 0) is 57.6 Å². The van der Waals surface area contributed by atoms with Gasteiger partial charge in [0.25, 0.3) is 0 Å². The fourth-order valence-corrected chi connectivity index (χ4v) is 12.2. The van der Waals surface area contributed by atoms with Crippen molar-refractivity contribution in [1.82, 2.24) is 0 Å². The average molecular weight is 1050 g/mol. The zero-order valence-corrected chi connectivity index (χ0v) is 42.2. The van der Waals surface area contributed by atoms with Gasteiger partial charge in [0.2, 0.25) is 0 Å². The third-order valence-electron chi connectivity index (χ3n) is 16.5. The van der Waals surface area contributed by atoms with Gasteiger partial charge in [0.1, 0.15) is 35.9 Å². The molecule has 6 aliphatic rings. The van der Waals surface area contributed by atoms with Crippen LogP contribution in [0.5, 0.6) is 0 Å². The molecule has 360 valence electrons. The van der Waals surface area contributed by atoms with Crippen molar-refractivity contribution >= 4 is 0 Å². The summed E-state index contributed by atoms with van der Waals surface area (Å²) in [5.74, 6) is -0.429. The quantitative estimate of drug-likeness (QED) is 0.110. The van der Waals surface area contributed by atoms with Gasteiger partial charge < -0.3 is 62.6 Å². The number of nitrogens with zero attached hydrogens (tertiary/aromatic N) is 2. The van der Waals surface area contributed by atoms with Crippen LogP contribution >= 0.6 is 0 Å². The number of rotatable bonds is 16. The van der Waals surface area contributed by atoms with Crippen LogP contribution in [-0.2, 0) is 33.9 Å². The summed E-state index contributed by atoms with van der Waals surface area (Å²) >= 11 is 0. The zero-order valence-electron chi connectivity index (χ0n) is 39.0. The van der Waals surface area contributed by atoms with Crippen molar-refractivity contribution < 1.29 is 71.4 Å². The summed E-state index contributed by atoms with van der Waals surface area (Å²) in [4.78, 5) is 0. The van der Waals surface area contributed by atoms with Crippen LogP contribution in [0.3, 0.4) is 0 Å². The molecule has 0 aromatic heterocycles. The van der Waals surface area contributed by atoms with E-state index in [9.17, 15) is 19.0 Å². The molecule has 6 saturated heterocycles. The van der Waals surface area contributed by atoms with Gasteiger partial charge >= 0.3 is 0 Å². The van der Waals surface area contributed by atoms with E-state index < -0.39 is 11.2 Å². The van der Waals surface area contributed by atoms with Gasteiger partial charge in [-0.1, -0.05) is 146 Å². The molecule has 0 spiro atoms. The Morgan fingerprint density at radius 3 is 0.897 bits per heavy atom. The van der Waals surface area contributed by atoms with Gasteiger partial charge in [-0.2, -0.15) is 0 Å². The molecule has 6 fully saturated rings. The Balaban J connectivity index is 0.000000196. The van der Waals surface area contributed by atoms with Crippen molar-refractivity contribution in [1.29, 1.82) is 0 Å². The lowest BCUT2D eigenvalue weighted by atomic mass is 9.56. The number of ether oxygens (including phenoxy) is 2. The van der Waals surface area contributed by atoms with Crippen molar-refractivity contribution in [2.24, 2.45) is 10.8 Å². The molecular formula is C58H66Br2F2N2O4. The van der Waals surface area contributed by atoms with Crippen LogP contribution < -0.4 is 34.0 Å². The third kappa shape index (κ3) is 10.5. The van der Waals surface area contributed by atoms with Crippen LogP contribution in [0.1, 0.15) is 71.9 Å². The molecule has 0 aliphatic carbocycles. The first-order valence-electron chi connectivity index (χ1n) is 24.1. The van der Waals surface area contributed by atoms with Crippen molar-refractivity contribution in [3.63, 3.8) is 0 Å². The summed E-state index contributed by atoms with van der Waals surface area (Å²) in [7, 11) is 0. The molecule has 6 heterocycles. The predicted molar refractivity (Wildman–Crippen MR) is 256 cm³/mol. The number of aliphatic hydroxyl groups is 2. The molecule has 6 aromatic rings. The van der Waals surface area contributed by atoms with E-state index in [0.717, 1.165) is 133 Å². The van der Waals surface area contributed by atoms with Gasteiger partial charge in [-0.15, -0.1) is 0 Å². The van der Waals surface area contributed by atoms with Crippen molar-refractivity contribution in [2.75, 3.05) is 65.6 Å². The van der Waals surface area contributed by atoms with E-state index in [1.165, 1.54) is 24.3 Å². The van der Waals surface area contributed by atoms with E-state index in [0.29, 0.717) is 26.4 Å². The lowest BCUT2D eigenvalue weighted by molar-refractivity contribution is -0.946. The van der Waals surface area contributed by atoms with Crippen LogP contribution in [-0.4, -0.2) is 84.8 Å². The second-order valence-corrected chi connectivity index (χ2v) is 19.8. The molecule has 12 rings (SSSR count). The lowest BCUT2D eigenvalue weighted by Crippen LogP contribution is -3.00. The number of benzene rings is 6. The van der Waals surface area contributed by atoms with Crippen LogP contribution in [0.4, 0.5) is 8.78 Å². The molecule has 0 radical (unpaired) electrons. The zero-order chi connectivity index (χ0) is 45.6. The predicted octanol–water partition coefficient (Wildman–Crippen LogP) is 4.57. The molecule has 0 atom stereocenters. The largest absolute Gasteiger partial charge is 1.00 e. The van der Waals surface area contributed by atoms with E-state index >= 15 is 0 Å². The second-order valence-electron chi connectivity index (χ2n) is 19.8. The van der Waals surface area contributed by atoms with E-state index in [1.807, 2.05) is 72.8 Å². The molecule has 6 aliphatic heterocycles. The molecule has 6 aromatic carbocycles. The van der Waals surface area contributed by atoms with E-state index in [1.54, 1.807) is 24.3 Å². The summed E-state index contributed by atoms with van der Waals surface area (Å²) in [6.45, 7) is 10.9. The molecule has 10 heteroatoms. The highest BCUT2D eigenvalue weighted by Crippen LogP contribution is 2.59. The highest BCUT2D eigenvalue weighted by atomic mass is 79.9. The van der Waals surface area contributed by atoms with Gasteiger partial charge in [0, 0.05) is 49.4 Å². The first-order chi connectivity index (χ1) is 32.1. The first-order valence-corrected chi connectivity index (χ1v) is 24.1. The van der Waals surface area contributed by atoms with Crippen LogP contribution in [0.15, 0.2) is 170 Å². The minimum Gasteiger partial charge on any atom is -1.00 e. The topological polar surface area (TPSA) is 58.9 Å². The van der Waals surface area contributed by atoms with Gasteiger partial charge in [0.15, 0.2) is 0 Å². The smallest absolute Gasteiger partial charge is 0.123 e. The second kappa shape index (κ2) is 22.3. The highest BCUT2D eigenvalue weighted by Gasteiger charge is 2.61. The molecule has 6 nitrogen and oxygen atoms in total. The number of fused-ring (bicyclic) bond motifs is 6.